The van der Waals surface area contributed by atoms with Gasteiger partial charge in [0.2, 0.25) is 5.95 Å². The normalized spacial score (nSPS) is 17.7. The lowest BCUT2D eigenvalue weighted by molar-refractivity contribution is -0.137. The van der Waals surface area contributed by atoms with Crippen molar-refractivity contribution in [3.63, 3.8) is 0 Å². The van der Waals surface area contributed by atoms with Crippen LogP contribution < -0.4 is 15.5 Å². The maximum absolute atomic E-state index is 14.4. The molecule has 2 amide bonds. The maximum atomic E-state index is 14.4. The second-order valence-electron chi connectivity index (χ2n) is 8.53. The Morgan fingerprint density at radius 1 is 1.19 bits per heavy atom. The molecule has 2 aromatic rings. The smallest absolute Gasteiger partial charge is 0.317 e. The highest BCUT2D eigenvalue weighted by atomic mass is 19.1. The Kier molecular flexibility index (Phi) is 6.15. The summed E-state index contributed by atoms with van der Waals surface area (Å²) in [5.41, 5.74) is 2.01. The molecule has 31 heavy (non-hydrogen) atoms. The molecule has 1 aromatic carbocycles. The van der Waals surface area contributed by atoms with Gasteiger partial charge in [0.05, 0.1) is 0 Å². The molecule has 2 N–H and O–H groups in total. The molecule has 7 nitrogen and oxygen atoms in total. The molecule has 0 radical (unpaired) electrons. The third-order valence-electron chi connectivity index (χ3n) is 5.96. The second kappa shape index (κ2) is 8.99. The summed E-state index contributed by atoms with van der Waals surface area (Å²) in [5.74, 6) is -0.632. The number of halogens is 1. The summed E-state index contributed by atoms with van der Waals surface area (Å²) in [6.07, 6.45) is 6.77. The van der Waals surface area contributed by atoms with E-state index in [0.29, 0.717) is 36.5 Å². The van der Waals surface area contributed by atoms with E-state index >= 15 is 0 Å². The van der Waals surface area contributed by atoms with E-state index < -0.39 is 11.8 Å². The Hall–Kier alpha value is -3.03. The van der Waals surface area contributed by atoms with Gasteiger partial charge < -0.3 is 10.6 Å². The van der Waals surface area contributed by atoms with E-state index in [4.69, 9.17) is 0 Å². The summed E-state index contributed by atoms with van der Waals surface area (Å²) in [4.78, 5) is 36.0. The molecule has 1 fully saturated rings. The third-order valence-corrected chi connectivity index (χ3v) is 5.96. The molecule has 1 aromatic heterocycles. The molecule has 2 aliphatic rings. The summed E-state index contributed by atoms with van der Waals surface area (Å²) in [5, 5.41) is 5.75. The average molecular weight is 426 g/mol. The van der Waals surface area contributed by atoms with Crippen molar-refractivity contribution in [2.24, 2.45) is 0 Å². The molecular weight excluding hydrogens is 397 g/mol. The van der Waals surface area contributed by atoms with Crippen LogP contribution in [0.4, 0.5) is 21.8 Å². The minimum atomic E-state index is -0.598. The van der Waals surface area contributed by atoms with Gasteiger partial charge in [-0.05, 0) is 49.3 Å². The summed E-state index contributed by atoms with van der Waals surface area (Å²) in [6, 6.07) is 4.91. The number of hydrogen-bond acceptors (Lipinski definition) is 5. The fraction of sp³-hybridized carbons (Fsp3) is 0.478. The molecular formula is C23H28FN5O2. The minimum absolute atomic E-state index is 0.0550. The Morgan fingerprint density at radius 3 is 2.68 bits per heavy atom. The molecule has 1 aliphatic heterocycles. The zero-order valence-corrected chi connectivity index (χ0v) is 17.9. The van der Waals surface area contributed by atoms with Gasteiger partial charge in [-0.1, -0.05) is 32.8 Å². The lowest BCUT2D eigenvalue weighted by Gasteiger charge is -2.28. The highest BCUT2D eigenvalue weighted by Crippen LogP contribution is 2.31. The highest BCUT2D eigenvalue weighted by Gasteiger charge is 2.35. The molecule has 0 spiro atoms. The molecule has 4 rings (SSSR count). The lowest BCUT2D eigenvalue weighted by Crippen LogP contribution is -2.48. The number of carbonyl (C=O) groups is 2. The predicted octanol–water partition coefficient (Wildman–Crippen LogP) is 3.82. The summed E-state index contributed by atoms with van der Waals surface area (Å²) in [6.45, 7) is 4.32. The van der Waals surface area contributed by atoms with Crippen LogP contribution in [0.3, 0.4) is 0 Å². The van der Waals surface area contributed by atoms with E-state index in [1.165, 1.54) is 6.07 Å². The topological polar surface area (TPSA) is 87.2 Å². The fourth-order valence-corrected chi connectivity index (χ4v) is 4.31. The average Bonchev–Trinajstić information content (AvgIpc) is 3.27. The van der Waals surface area contributed by atoms with Gasteiger partial charge in [-0.2, -0.15) is 4.98 Å². The number of aryl methyl sites for hydroxylation is 1. The zero-order valence-electron chi connectivity index (χ0n) is 17.9. The molecule has 0 unspecified atom stereocenters. The number of carbonyl (C=O) groups excluding carboxylic acids is 2. The van der Waals surface area contributed by atoms with E-state index in [1.54, 1.807) is 23.2 Å². The van der Waals surface area contributed by atoms with Gasteiger partial charge in [0.1, 0.15) is 11.6 Å². The van der Waals surface area contributed by atoms with Crippen molar-refractivity contribution >= 4 is 29.3 Å². The first-order chi connectivity index (χ1) is 14.9. The first-order valence-electron chi connectivity index (χ1n) is 11.0. The number of benzene rings is 1. The molecule has 164 valence electrons. The summed E-state index contributed by atoms with van der Waals surface area (Å²) < 4.78 is 14.4. The van der Waals surface area contributed by atoms with Crippen molar-refractivity contribution in [1.29, 1.82) is 0 Å². The SMILES string of the molecule is CC(C)c1ccc(Nc2ncc3c(n2)N(C2CCCC2)C(=O)C(=O)NCCC3)cc1F. The van der Waals surface area contributed by atoms with E-state index in [0.717, 1.165) is 31.2 Å². The van der Waals surface area contributed by atoms with Crippen molar-refractivity contribution in [3.05, 3.63) is 41.3 Å². The first kappa shape index (κ1) is 21.2. The van der Waals surface area contributed by atoms with E-state index in [9.17, 15) is 14.0 Å². The van der Waals surface area contributed by atoms with Crippen LogP contribution in [0.2, 0.25) is 0 Å². The first-order valence-corrected chi connectivity index (χ1v) is 11.0. The largest absolute Gasteiger partial charge is 0.348 e. The van der Waals surface area contributed by atoms with E-state index in [1.807, 2.05) is 13.8 Å². The van der Waals surface area contributed by atoms with Crippen LogP contribution >= 0.6 is 0 Å². The van der Waals surface area contributed by atoms with Gasteiger partial charge in [-0.15, -0.1) is 0 Å². The molecule has 0 saturated heterocycles. The summed E-state index contributed by atoms with van der Waals surface area (Å²) >= 11 is 0. The van der Waals surface area contributed by atoms with Crippen LogP contribution in [-0.4, -0.2) is 34.4 Å². The molecule has 0 atom stereocenters. The van der Waals surface area contributed by atoms with Crippen molar-refractivity contribution in [2.45, 2.75) is 64.3 Å². The highest BCUT2D eigenvalue weighted by molar-refractivity contribution is 6.40. The number of aromatic nitrogens is 2. The number of amides is 2. The van der Waals surface area contributed by atoms with Crippen LogP contribution in [0.5, 0.6) is 0 Å². The van der Waals surface area contributed by atoms with Crippen LogP contribution in [0.25, 0.3) is 0 Å². The number of hydrogen-bond donors (Lipinski definition) is 2. The van der Waals surface area contributed by atoms with Gasteiger partial charge in [-0.3, -0.25) is 14.5 Å². The van der Waals surface area contributed by atoms with Crippen LogP contribution in [0.1, 0.15) is 63.0 Å². The lowest BCUT2D eigenvalue weighted by atomic mass is 10.0. The Balaban J connectivity index is 1.70. The number of nitrogens with one attached hydrogen (secondary N) is 2. The van der Waals surface area contributed by atoms with E-state index in [2.05, 4.69) is 20.6 Å². The predicted molar refractivity (Wildman–Crippen MR) is 117 cm³/mol. The molecule has 1 saturated carbocycles. The Labute approximate surface area is 181 Å². The van der Waals surface area contributed by atoms with E-state index in [-0.39, 0.29) is 23.7 Å². The number of nitrogens with zero attached hydrogens (tertiary/aromatic N) is 3. The molecule has 2 heterocycles. The van der Waals surface area contributed by atoms with Gasteiger partial charge >= 0.3 is 11.8 Å². The summed E-state index contributed by atoms with van der Waals surface area (Å²) in [7, 11) is 0. The Morgan fingerprint density at radius 2 is 1.97 bits per heavy atom. The van der Waals surface area contributed by atoms with Crippen molar-refractivity contribution in [3.8, 4) is 0 Å². The maximum Gasteiger partial charge on any atom is 0.317 e. The van der Waals surface area contributed by atoms with Crippen molar-refractivity contribution in [1.82, 2.24) is 15.3 Å². The number of rotatable bonds is 4. The zero-order chi connectivity index (χ0) is 22.0. The van der Waals surface area contributed by atoms with Gasteiger partial charge in [0.15, 0.2) is 0 Å². The van der Waals surface area contributed by atoms with Crippen LogP contribution in [0, 0.1) is 5.82 Å². The molecule has 8 heteroatoms. The van der Waals surface area contributed by atoms with Gasteiger partial charge in [0.25, 0.3) is 0 Å². The quantitative estimate of drug-likeness (QED) is 0.727. The fourth-order valence-electron chi connectivity index (χ4n) is 4.31. The standard InChI is InChI=1S/C23H28FN5O2/c1-14(2)18-10-9-16(12-19(18)24)27-23-26-13-15-6-5-11-25-21(30)22(31)29(20(15)28-23)17-7-3-4-8-17/h9-10,12-14,17H,3-8,11H2,1-2H3,(H,25,30)(H,26,27,28). The monoisotopic (exact) mass is 425 g/mol. The van der Waals surface area contributed by atoms with Gasteiger partial charge in [0, 0.05) is 30.0 Å². The van der Waals surface area contributed by atoms with Crippen molar-refractivity contribution < 1.29 is 14.0 Å². The van der Waals surface area contributed by atoms with Crippen LogP contribution in [0.15, 0.2) is 24.4 Å². The van der Waals surface area contributed by atoms with Gasteiger partial charge in [-0.25, -0.2) is 9.37 Å². The Bertz CT molecular complexity index is 988. The number of fused-ring (bicyclic) bond motifs is 1. The second-order valence-corrected chi connectivity index (χ2v) is 8.53. The van der Waals surface area contributed by atoms with Crippen LogP contribution in [-0.2, 0) is 16.0 Å². The minimum Gasteiger partial charge on any atom is -0.348 e. The molecule has 0 bridgehead atoms. The number of anilines is 3. The van der Waals surface area contributed by atoms with Crippen molar-refractivity contribution in [2.75, 3.05) is 16.8 Å². The third kappa shape index (κ3) is 4.52. The molecule has 1 aliphatic carbocycles.